The first-order chi connectivity index (χ1) is 7.63. The summed E-state index contributed by atoms with van der Waals surface area (Å²) in [5, 5.41) is 5.68. The molecular weight excluding hydrogens is 208 g/mol. The van der Waals surface area contributed by atoms with Crippen molar-refractivity contribution in [1.29, 1.82) is 0 Å². The summed E-state index contributed by atoms with van der Waals surface area (Å²) in [6, 6.07) is 0.353. The lowest BCUT2D eigenvalue weighted by Gasteiger charge is -2.13. The van der Waals surface area contributed by atoms with Crippen LogP contribution >= 0.6 is 0 Å². The number of nitrogens with one attached hydrogen (secondary N) is 2. The highest BCUT2D eigenvalue weighted by Crippen LogP contribution is 2.11. The fourth-order valence-corrected chi connectivity index (χ4v) is 1.88. The summed E-state index contributed by atoms with van der Waals surface area (Å²) in [6.07, 6.45) is 4.32. The minimum atomic E-state index is -0.149. The van der Waals surface area contributed by atoms with Crippen LogP contribution in [0.5, 0.6) is 0 Å². The second-order valence-electron chi connectivity index (χ2n) is 4.19. The van der Waals surface area contributed by atoms with E-state index in [0.29, 0.717) is 6.42 Å². The van der Waals surface area contributed by atoms with Crippen LogP contribution in [0.2, 0.25) is 0 Å². The molecule has 1 rings (SSSR count). The standard InChI is InChI=1S/C11H20N2O3/c1-8-9(13-11(15)12-8)6-4-3-5-7-10(14)16-2/h8-9H,3-7H2,1-2H3,(H2,12,13,15). The Morgan fingerprint density at radius 3 is 2.62 bits per heavy atom. The van der Waals surface area contributed by atoms with E-state index in [4.69, 9.17) is 0 Å². The van der Waals surface area contributed by atoms with Crippen molar-refractivity contribution in [2.75, 3.05) is 7.11 Å². The zero-order valence-electron chi connectivity index (χ0n) is 9.91. The average Bonchev–Trinajstić information content (AvgIpc) is 2.56. The number of ether oxygens (including phenoxy) is 1. The van der Waals surface area contributed by atoms with Gasteiger partial charge in [-0.3, -0.25) is 4.79 Å². The number of amides is 2. The van der Waals surface area contributed by atoms with Crippen LogP contribution in [-0.2, 0) is 9.53 Å². The van der Waals surface area contributed by atoms with E-state index in [0.717, 1.165) is 25.7 Å². The number of rotatable bonds is 6. The number of hydrogen-bond acceptors (Lipinski definition) is 3. The Balaban J connectivity index is 2.03. The number of carbonyl (C=O) groups excluding carboxylic acids is 2. The van der Waals surface area contributed by atoms with Gasteiger partial charge in [-0.2, -0.15) is 0 Å². The SMILES string of the molecule is COC(=O)CCCCCC1NC(=O)NC1C. The lowest BCUT2D eigenvalue weighted by Crippen LogP contribution is -2.30. The maximum Gasteiger partial charge on any atom is 0.315 e. The van der Waals surface area contributed by atoms with Gasteiger partial charge in [0.1, 0.15) is 0 Å². The molecule has 0 bridgehead atoms. The van der Waals surface area contributed by atoms with Gasteiger partial charge >= 0.3 is 12.0 Å². The first-order valence-electron chi connectivity index (χ1n) is 5.77. The molecule has 2 atom stereocenters. The lowest BCUT2D eigenvalue weighted by atomic mass is 10.0. The predicted molar refractivity (Wildman–Crippen MR) is 60.0 cm³/mol. The second-order valence-corrected chi connectivity index (χ2v) is 4.19. The van der Waals surface area contributed by atoms with Gasteiger partial charge in [0.15, 0.2) is 0 Å². The molecule has 1 heterocycles. The molecule has 0 aromatic rings. The van der Waals surface area contributed by atoms with Gasteiger partial charge in [-0.05, 0) is 19.8 Å². The van der Waals surface area contributed by atoms with Crippen molar-refractivity contribution in [1.82, 2.24) is 10.6 Å². The Hall–Kier alpha value is -1.26. The molecule has 2 N–H and O–H groups in total. The molecular formula is C11H20N2O3. The van der Waals surface area contributed by atoms with Crippen LogP contribution in [0.3, 0.4) is 0 Å². The smallest absolute Gasteiger partial charge is 0.315 e. The van der Waals surface area contributed by atoms with Crippen LogP contribution in [0, 0.1) is 0 Å². The summed E-state index contributed by atoms with van der Waals surface area (Å²) in [5.74, 6) is -0.149. The minimum absolute atomic E-state index is 0.0768. The zero-order valence-corrected chi connectivity index (χ0v) is 9.91. The van der Waals surface area contributed by atoms with Gasteiger partial charge in [0, 0.05) is 12.5 Å². The zero-order chi connectivity index (χ0) is 12.0. The van der Waals surface area contributed by atoms with Gasteiger partial charge in [0.25, 0.3) is 0 Å². The van der Waals surface area contributed by atoms with E-state index in [1.807, 2.05) is 6.92 Å². The van der Waals surface area contributed by atoms with E-state index in [9.17, 15) is 9.59 Å². The number of esters is 1. The number of urea groups is 1. The van der Waals surface area contributed by atoms with Crippen LogP contribution in [0.1, 0.15) is 39.0 Å². The molecule has 16 heavy (non-hydrogen) atoms. The van der Waals surface area contributed by atoms with E-state index in [1.54, 1.807) is 0 Å². The van der Waals surface area contributed by atoms with Gasteiger partial charge in [-0.25, -0.2) is 4.79 Å². The monoisotopic (exact) mass is 228 g/mol. The van der Waals surface area contributed by atoms with Crippen molar-refractivity contribution in [2.45, 2.75) is 51.1 Å². The Morgan fingerprint density at radius 1 is 1.31 bits per heavy atom. The first-order valence-corrected chi connectivity index (χ1v) is 5.77. The highest BCUT2D eigenvalue weighted by Gasteiger charge is 2.26. The highest BCUT2D eigenvalue weighted by molar-refractivity contribution is 5.77. The van der Waals surface area contributed by atoms with Crippen LogP contribution in [-0.4, -0.2) is 31.2 Å². The minimum Gasteiger partial charge on any atom is -0.469 e. The Kier molecular flexibility index (Phi) is 5.08. The van der Waals surface area contributed by atoms with Crippen LogP contribution < -0.4 is 10.6 Å². The molecule has 5 heteroatoms. The maximum absolute atomic E-state index is 11.0. The Morgan fingerprint density at radius 2 is 2.06 bits per heavy atom. The van der Waals surface area contributed by atoms with E-state index < -0.39 is 0 Å². The van der Waals surface area contributed by atoms with E-state index in [2.05, 4.69) is 15.4 Å². The third-order valence-corrected chi connectivity index (χ3v) is 2.90. The van der Waals surface area contributed by atoms with Crippen molar-refractivity contribution in [3.8, 4) is 0 Å². The molecule has 5 nitrogen and oxygen atoms in total. The summed E-state index contributed by atoms with van der Waals surface area (Å²) in [4.78, 5) is 21.8. The van der Waals surface area contributed by atoms with E-state index in [-0.39, 0.29) is 24.1 Å². The van der Waals surface area contributed by atoms with Crippen LogP contribution in [0.4, 0.5) is 4.79 Å². The van der Waals surface area contributed by atoms with Gasteiger partial charge in [0.2, 0.25) is 0 Å². The third kappa shape index (κ3) is 4.08. The highest BCUT2D eigenvalue weighted by atomic mass is 16.5. The topological polar surface area (TPSA) is 67.4 Å². The lowest BCUT2D eigenvalue weighted by molar-refractivity contribution is -0.140. The second kappa shape index (κ2) is 6.35. The molecule has 0 aromatic heterocycles. The van der Waals surface area contributed by atoms with Crippen molar-refractivity contribution in [3.05, 3.63) is 0 Å². The summed E-state index contributed by atoms with van der Waals surface area (Å²) >= 11 is 0. The molecule has 0 aromatic carbocycles. The normalized spacial score (nSPS) is 23.8. The molecule has 1 aliphatic rings. The Labute approximate surface area is 95.9 Å². The number of carbonyl (C=O) groups is 2. The fourth-order valence-electron chi connectivity index (χ4n) is 1.88. The van der Waals surface area contributed by atoms with E-state index in [1.165, 1.54) is 7.11 Å². The van der Waals surface area contributed by atoms with Gasteiger partial charge in [-0.15, -0.1) is 0 Å². The molecule has 92 valence electrons. The summed E-state index contributed by atoms with van der Waals surface area (Å²) < 4.78 is 4.56. The van der Waals surface area contributed by atoms with Gasteiger partial charge in [-0.1, -0.05) is 12.8 Å². The molecule has 1 aliphatic heterocycles. The predicted octanol–water partition coefficient (Wildman–Crippen LogP) is 1.18. The molecule has 0 spiro atoms. The molecule has 2 unspecified atom stereocenters. The summed E-state index contributed by atoms with van der Waals surface area (Å²) in [6.45, 7) is 2.00. The molecule has 2 amide bonds. The molecule has 0 saturated carbocycles. The maximum atomic E-state index is 11.0. The quantitative estimate of drug-likeness (QED) is 0.530. The third-order valence-electron chi connectivity index (χ3n) is 2.90. The number of unbranched alkanes of at least 4 members (excludes halogenated alkanes) is 2. The largest absolute Gasteiger partial charge is 0.469 e. The number of methoxy groups -OCH3 is 1. The van der Waals surface area contributed by atoms with Crippen molar-refractivity contribution < 1.29 is 14.3 Å². The summed E-state index contributed by atoms with van der Waals surface area (Å²) in [5.41, 5.74) is 0. The fraction of sp³-hybridized carbons (Fsp3) is 0.818. The first kappa shape index (κ1) is 12.8. The van der Waals surface area contributed by atoms with Gasteiger partial charge in [0.05, 0.1) is 13.2 Å². The summed E-state index contributed by atoms with van der Waals surface area (Å²) in [7, 11) is 1.41. The number of hydrogen-bond donors (Lipinski definition) is 2. The van der Waals surface area contributed by atoms with Crippen molar-refractivity contribution in [3.63, 3.8) is 0 Å². The molecule has 1 saturated heterocycles. The molecule has 0 radical (unpaired) electrons. The van der Waals surface area contributed by atoms with Crippen molar-refractivity contribution >= 4 is 12.0 Å². The molecule has 1 fully saturated rings. The van der Waals surface area contributed by atoms with Gasteiger partial charge < -0.3 is 15.4 Å². The average molecular weight is 228 g/mol. The van der Waals surface area contributed by atoms with Crippen LogP contribution in [0.15, 0.2) is 0 Å². The van der Waals surface area contributed by atoms with E-state index >= 15 is 0 Å². The van der Waals surface area contributed by atoms with Crippen LogP contribution in [0.25, 0.3) is 0 Å². The molecule has 0 aliphatic carbocycles. The Bertz CT molecular complexity index is 256. The van der Waals surface area contributed by atoms with Crippen molar-refractivity contribution in [2.24, 2.45) is 0 Å².